The van der Waals surface area contributed by atoms with E-state index in [4.69, 9.17) is 0 Å². The monoisotopic (exact) mass is 418 g/mol. The first-order chi connectivity index (χ1) is 15.0. The number of nitrogens with zero attached hydrogens (tertiary/aromatic N) is 1. The smallest absolute Gasteiger partial charge is 0.262 e. The quantitative estimate of drug-likeness (QED) is 0.642. The van der Waals surface area contributed by atoms with Crippen LogP contribution in [0.3, 0.4) is 0 Å². The van der Waals surface area contributed by atoms with Crippen LogP contribution in [0.5, 0.6) is 0 Å². The van der Waals surface area contributed by atoms with Crippen molar-refractivity contribution in [1.29, 1.82) is 0 Å². The summed E-state index contributed by atoms with van der Waals surface area (Å²) in [4.78, 5) is 50.2. The van der Waals surface area contributed by atoms with Crippen molar-refractivity contribution in [3.05, 3.63) is 59.2 Å². The molecule has 3 N–H and O–H groups in total. The van der Waals surface area contributed by atoms with Crippen LogP contribution in [-0.2, 0) is 9.59 Å². The maximum atomic E-state index is 12.9. The van der Waals surface area contributed by atoms with Crippen molar-refractivity contribution in [1.82, 2.24) is 10.2 Å². The number of hydrogen-bond donors (Lipinski definition) is 3. The molecule has 3 aliphatic heterocycles. The number of hydrogen-bond acceptors (Lipinski definition) is 6. The summed E-state index contributed by atoms with van der Waals surface area (Å²) in [7, 11) is 0. The molecule has 2 aromatic rings. The van der Waals surface area contributed by atoms with E-state index < -0.39 is 23.8 Å². The molecular formula is C23H22N4O4. The summed E-state index contributed by atoms with van der Waals surface area (Å²) in [5.41, 5.74) is 3.83. The van der Waals surface area contributed by atoms with Crippen LogP contribution < -0.4 is 16.0 Å². The Bertz CT molecular complexity index is 1110. The highest BCUT2D eigenvalue weighted by molar-refractivity contribution is 6.23. The van der Waals surface area contributed by atoms with Crippen LogP contribution in [0.25, 0.3) is 0 Å². The van der Waals surface area contributed by atoms with Gasteiger partial charge in [-0.1, -0.05) is 18.2 Å². The van der Waals surface area contributed by atoms with E-state index in [1.807, 2.05) is 12.1 Å². The fourth-order valence-electron chi connectivity index (χ4n) is 4.59. The summed E-state index contributed by atoms with van der Waals surface area (Å²) in [6.07, 6.45) is 1.18. The SMILES string of the molecule is O=C1CCC(N2C(=O)c3ccc(NCCC4CNc5ccccc54)cc3C2=O)C(=O)N1. The third-order valence-electron chi connectivity index (χ3n) is 6.20. The first-order valence-corrected chi connectivity index (χ1v) is 10.5. The Morgan fingerprint density at radius 3 is 2.65 bits per heavy atom. The van der Waals surface area contributed by atoms with Crippen LogP contribution in [0.1, 0.15) is 51.5 Å². The van der Waals surface area contributed by atoms with Gasteiger partial charge >= 0.3 is 0 Å². The number of imide groups is 2. The van der Waals surface area contributed by atoms with E-state index in [1.54, 1.807) is 18.2 Å². The van der Waals surface area contributed by atoms with Crippen molar-refractivity contribution in [2.45, 2.75) is 31.2 Å². The van der Waals surface area contributed by atoms with Gasteiger partial charge in [-0.05, 0) is 42.7 Å². The van der Waals surface area contributed by atoms with E-state index in [0.29, 0.717) is 5.92 Å². The van der Waals surface area contributed by atoms with E-state index in [2.05, 4.69) is 28.1 Å². The van der Waals surface area contributed by atoms with E-state index in [0.717, 1.165) is 30.1 Å². The second kappa shape index (κ2) is 7.54. The van der Waals surface area contributed by atoms with Gasteiger partial charge in [0.25, 0.3) is 11.8 Å². The fraction of sp³-hybridized carbons (Fsp3) is 0.304. The summed E-state index contributed by atoms with van der Waals surface area (Å²) in [6, 6.07) is 12.4. The number of amides is 4. The Morgan fingerprint density at radius 1 is 1.00 bits per heavy atom. The summed E-state index contributed by atoms with van der Waals surface area (Å²) >= 11 is 0. The molecule has 5 rings (SSSR count). The minimum atomic E-state index is -0.948. The molecule has 158 valence electrons. The lowest BCUT2D eigenvalue weighted by atomic mass is 9.98. The molecule has 8 heteroatoms. The van der Waals surface area contributed by atoms with Gasteiger partial charge in [-0.2, -0.15) is 0 Å². The van der Waals surface area contributed by atoms with Crippen LogP contribution >= 0.6 is 0 Å². The number of para-hydroxylation sites is 1. The van der Waals surface area contributed by atoms with Gasteiger partial charge < -0.3 is 10.6 Å². The average Bonchev–Trinajstić information content (AvgIpc) is 3.28. The molecule has 2 unspecified atom stereocenters. The first kappa shape index (κ1) is 19.3. The minimum absolute atomic E-state index is 0.107. The standard InChI is InChI=1S/C23H22N4O4/c28-20-8-7-19(21(29)26-20)27-22(30)16-6-5-14(11-17(16)23(27)31)24-10-9-13-12-25-18-4-2-1-3-15(13)18/h1-6,11,13,19,24-25H,7-10,12H2,(H,26,28,29). The van der Waals surface area contributed by atoms with Gasteiger partial charge in [0, 0.05) is 36.8 Å². The summed E-state index contributed by atoms with van der Waals surface area (Å²) in [5, 5.41) is 8.97. The fourth-order valence-corrected chi connectivity index (χ4v) is 4.59. The number of benzene rings is 2. The van der Waals surface area contributed by atoms with Crippen molar-refractivity contribution in [2.75, 3.05) is 23.7 Å². The Balaban J connectivity index is 1.26. The molecule has 2 atom stereocenters. The van der Waals surface area contributed by atoms with Gasteiger partial charge in [-0.3, -0.25) is 29.4 Å². The zero-order valence-corrected chi connectivity index (χ0v) is 16.8. The molecule has 4 amide bonds. The second-order valence-corrected chi connectivity index (χ2v) is 8.09. The second-order valence-electron chi connectivity index (χ2n) is 8.09. The van der Waals surface area contributed by atoms with E-state index >= 15 is 0 Å². The molecule has 0 bridgehead atoms. The number of piperidine rings is 1. The van der Waals surface area contributed by atoms with Gasteiger partial charge in [-0.25, -0.2) is 0 Å². The van der Waals surface area contributed by atoms with Gasteiger partial charge in [0.2, 0.25) is 11.8 Å². The Labute approximate surface area is 179 Å². The van der Waals surface area contributed by atoms with Crippen molar-refractivity contribution in [2.24, 2.45) is 0 Å². The molecule has 2 aromatic carbocycles. The lowest BCUT2D eigenvalue weighted by Gasteiger charge is -2.27. The minimum Gasteiger partial charge on any atom is -0.385 e. The Kier molecular flexibility index (Phi) is 4.69. The van der Waals surface area contributed by atoms with Crippen LogP contribution in [0, 0.1) is 0 Å². The van der Waals surface area contributed by atoms with Crippen molar-refractivity contribution in [3.8, 4) is 0 Å². The first-order valence-electron chi connectivity index (χ1n) is 10.5. The normalized spacial score (nSPS) is 22.1. The molecule has 8 nitrogen and oxygen atoms in total. The highest BCUT2D eigenvalue weighted by atomic mass is 16.2. The zero-order valence-electron chi connectivity index (χ0n) is 16.8. The summed E-state index contributed by atoms with van der Waals surface area (Å²) in [6.45, 7) is 1.62. The van der Waals surface area contributed by atoms with Crippen molar-refractivity contribution < 1.29 is 19.2 Å². The van der Waals surface area contributed by atoms with Gasteiger partial charge in [0.15, 0.2) is 0 Å². The topological polar surface area (TPSA) is 108 Å². The molecule has 0 radical (unpaired) electrons. The molecule has 1 saturated heterocycles. The third-order valence-corrected chi connectivity index (χ3v) is 6.20. The average molecular weight is 418 g/mol. The van der Waals surface area contributed by atoms with Gasteiger partial charge in [0.1, 0.15) is 6.04 Å². The molecule has 3 aliphatic rings. The van der Waals surface area contributed by atoms with Crippen LogP contribution in [-0.4, -0.2) is 47.7 Å². The summed E-state index contributed by atoms with van der Waals surface area (Å²) < 4.78 is 0. The molecule has 3 heterocycles. The van der Waals surface area contributed by atoms with Gasteiger partial charge in [-0.15, -0.1) is 0 Å². The Hall–Kier alpha value is -3.68. The molecule has 0 aliphatic carbocycles. The number of anilines is 2. The van der Waals surface area contributed by atoms with Crippen LogP contribution in [0.15, 0.2) is 42.5 Å². The molecule has 0 spiro atoms. The maximum absolute atomic E-state index is 12.9. The molecular weight excluding hydrogens is 396 g/mol. The molecule has 0 aromatic heterocycles. The summed E-state index contributed by atoms with van der Waals surface area (Å²) in [5.74, 6) is -1.55. The number of fused-ring (bicyclic) bond motifs is 2. The predicted octanol–water partition coefficient (Wildman–Crippen LogP) is 2.10. The lowest BCUT2D eigenvalue weighted by molar-refractivity contribution is -0.136. The largest absolute Gasteiger partial charge is 0.385 e. The Morgan fingerprint density at radius 2 is 1.81 bits per heavy atom. The van der Waals surface area contributed by atoms with Gasteiger partial charge in [0.05, 0.1) is 11.1 Å². The van der Waals surface area contributed by atoms with Crippen molar-refractivity contribution in [3.63, 3.8) is 0 Å². The molecule has 1 fully saturated rings. The number of nitrogens with one attached hydrogen (secondary N) is 3. The zero-order chi connectivity index (χ0) is 21.5. The predicted molar refractivity (Wildman–Crippen MR) is 114 cm³/mol. The molecule has 0 saturated carbocycles. The van der Waals surface area contributed by atoms with Crippen LogP contribution in [0.2, 0.25) is 0 Å². The van der Waals surface area contributed by atoms with E-state index in [1.165, 1.54) is 11.3 Å². The van der Waals surface area contributed by atoms with Crippen molar-refractivity contribution >= 4 is 35.0 Å². The number of carbonyl (C=O) groups excluding carboxylic acids is 4. The highest BCUT2D eigenvalue weighted by Gasteiger charge is 2.44. The molecule has 31 heavy (non-hydrogen) atoms. The van der Waals surface area contributed by atoms with Crippen LogP contribution in [0.4, 0.5) is 11.4 Å². The number of rotatable bonds is 5. The van der Waals surface area contributed by atoms with E-state index in [9.17, 15) is 19.2 Å². The maximum Gasteiger partial charge on any atom is 0.262 e. The third kappa shape index (κ3) is 3.34. The highest BCUT2D eigenvalue weighted by Crippen LogP contribution is 2.33. The number of carbonyl (C=O) groups is 4. The van der Waals surface area contributed by atoms with E-state index in [-0.39, 0.29) is 29.9 Å². The lowest BCUT2D eigenvalue weighted by Crippen LogP contribution is -2.54.